The fourth-order valence-corrected chi connectivity index (χ4v) is 0. The normalized spacial score (nSPS) is 6.00. The second kappa shape index (κ2) is 8.98. The third kappa shape index (κ3) is 11.0. The minimum Gasteiger partial charge on any atom is -0.147 e. The van der Waals surface area contributed by atoms with Crippen LogP contribution in [-0.4, -0.2) is 10.7 Å². The van der Waals surface area contributed by atoms with Gasteiger partial charge in [-0.25, -0.2) is 0 Å². The van der Waals surface area contributed by atoms with Crippen LogP contribution < -0.4 is 0 Å². The van der Waals surface area contributed by atoms with Crippen LogP contribution in [0.5, 0.6) is 0 Å². The van der Waals surface area contributed by atoms with Crippen molar-refractivity contribution in [1.29, 1.82) is 0 Å². The van der Waals surface area contributed by atoms with Gasteiger partial charge in [0.15, 0.2) is 0 Å². The lowest BCUT2D eigenvalue weighted by molar-refractivity contribution is 1.62. The fourth-order valence-electron chi connectivity index (χ4n) is 0. The molecule has 0 unspecified atom stereocenters. The van der Waals surface area contributed by atoms with Crippen LogP contribution in [0.15, 0.2) is 0 Å². The summed E-state index contributed by atoms with van der Waals surface area (Å²) in [5.74, 6) is 0. The first kappa shape index (κ1) is 9.54. The van der Waals surface area contributed by atoms with Crippen molar-refractivity contribution in [2.45, 2.75) is 0 Å². The molecule has 0 aliphatic carbocycles. The Kier molecular flexibility index (Phi) is 17.1. The van der Waals surface area contributed by atoms with Gasteiger partial charge in [0.2, 0.25) is 0 Å². The van der Waals surface area contributed by atoms with Gasteiger partial charge in [0, 0.05) is 10.7 Å². The van der Waals surface area contributed by atoms with Crippen LogP contribution in [0, 0.1) is 0 Å². The molecule has 0 radical (unpaired) electrons. The summed E-state index contributed by atoms with van der Waals surface area (Å²) in [6, 6.07) is 0. The molecule has 0 spiro atoms. The Morgan fingerprint density at radius 1 is 1.00 bits per heavy atom. The summed E-state index contributed by atoms with van der Waals surface area (Å²) in [5.41, 5.74) is 0. The molecule has 0 amide bonds. The molecule has 0 bridgehead atoms. The largest absolute Gasteiger partial charge is 0.147 e. The van der Waals surface area contributed by atoms with Gasteiger partial charge in [-0.2, -0.15) is 0 Å². The maximum atomic E-state index is 3.20. The number of hydrogen-bond acceptors (Lipinski definition) is 0. The fraction of sp³-hybridized carbons (Fsp3) is 1.00. The van der Waals surface area contributed by atoms with Gasteiger partial charge in [-0.3, -0.25) is 0 Å². The Balaban J connectivity index is 0. The molecule has 0 rings (SSSR count). The minimum atomic E-state index is 0. The van der Waals surface area contributed by atoms with Crippen molar-refractivity contribution in [1.82, 2.24) is 0 Å². The molecule has 0 saturated heterocycles. The van der Waals surface area contributed by atoms with Crippen molar-refractivity contribution in [3.63, 3.8) is 0 Å². The second-order valence-corrected chi connectivity index (χ2v) is 1.96. The first-order valence-corrected chi connectivity index (χ1v) is 3.28. The van der Waals surface area contributed by atoms with Gasteiger partial charge in [0.1, 0.15) is 0 Å². The summed E-state index contributed by atoms with van der Waals surface area (Å²) >= 11 is 6.40. The van der Waals surface area contributed by atoms with Crippen molar-refractivity contribution in [2.24, 2.45) is 0 Å². The molecule has 0 aromatic rings. The van der Waals surface area contributed by atoms with E-state index in [1.165, 1.54) is 0 Å². The van der Waals surface area contributed by atoms with Gasteiger partial charge in [-0.1, -0.05) is 31.9 Å². The summed E-state index contributed by atoms with van der Waals surface area (Å²) in [7, 11) is 0. The molecule has 0 nitrogen and oxygen atoms in total. The maximum absolute atomic E-state index is 3.20. The van der Waals surface area contributed by atoms with Crippen LogP contribution in [0.3, 0.4) is 0 Å². The maximum Gasteiger partial charge on any atom is 0.0129 e. The Morgan fingerprint density at radius 3 is 1.20 bits per heavy atom. The second-order valence-electron chi connectivity index (χ2n) is 0.378. The molecule has 0 N–H and O–H groups in total. The number of rotatable bonds is 1. The number of hydrogen-bond donors (Lipinski definition) is 0. The first-order chi connectivity index (χ1) is 1.91. The minimum absolute atomic E-state index is 0. The van der Waals surface area contributed by atoms with Crippen molar-refractivity contribution >= 4 is 44.3 Å². The van der Waals surface area contributed by atoms with Crippen LogP contribution in [-0.2, 0) is 0 Å². The highest BCUT2D eigenvalue weighted by atomic mass is 79.9. The third-order valence-corrected chi connectivity index (χ3v) is 1.93. The summed E-state index contributed by atoms with van der Waals surface area (Å²) in [4.78, 5) is 0. The summed E-state index contributed by atoms with van der Waals surface area (Å²) in [6.07, 6.45) is 0. The van der Waals surface area contributed by atoms with E-state index in [-0.39, 0.29) is 12.4 Å². The zero-order chi connectivity index (χ0) is 3.41. The van der Waals surface area contributed by atoms with E-state index >= 15 is 0 Å². The molecule has 0 heterocycles. The van der Waals surface area contributed by atoms with Gasteiger partial charge in [0.25, 0.3) is 0 Å². The highest BCUT2D eigenvalue weighted by Gasteiger charge is 1.60. The molecule has 0 aliphatic rings. The lowest BCUT2D eigenvalue weighted by Crippen LogP contribution is -1.61. The summed E-state index contributed by atoms with van der Waals surface area (Å²) in [6.45, 7) is 0. The lowest BCUT2D eigenvalue weighted by Gasteiger charge is -1.63. The van der Waals surface area contributed by atoms with Gasteiger partial charge in [-0.05, 0) is 0 Å². The van der Waals surface area contributed by atoms with Crippen LogP contribution in [0.25, 0.3) is 0 Å². The Bertz CT molecular complexity index is 9.61. The molecule has 34 valence electrons. The third-order valence-electron chi connectivity index (χ3n) is 0.0714. The molecule has 5 heavy (non-hydrogen) atoms. The van der Waals surface area contributed by atoms with E-state index in [2.05, 4.69) is 31.9 Å². The van der Waals surface area contributed by atoms with E-state index in [4.69, 9.17) is 0 Å². The SMILES string of the molecule is BrCCBr.Cl. The average molecular weight is 224 g/mol. The standard InChI is InChI=1S/C2H4Br2.ClH/c3-1-2-4;/h1-2H2;1H. The molecule has 0 atom stereocenters. The highest BCUT2D eigenvalue weighted by Crippen LogP contribution is 1.82. The van der Waals surface area contributed by atoms with Crippen molar-refractivity contribution < 1.29 is 0 Å². The van der Waals surface area contributed by atoms with Crippen LogP contribution in [0.2, 0.25) is 0 Å². The van der Waals surface area contributed by atoms with Crippen molar-refractivity contribution in [3.05, 3.63) is 0 Å². The topological polar surface area (TPSA) is 0 Å². The van der Waals surface area contributed by atoms with E-state index < -0.39 is 0 Å². The summed E-state index contributed by atoms with van der Waals surface area (Å²) < 4.78 is 0. The molecule has 0 fully saturated rings. The average Bonchev–Trinajstić information content (AvgIpc) is 1.37. The lowest BCUT2D eigenvalue weighted by atomic mass is 11.0. The molecule has 0 aliphatic heterocycles. The van der Waals surface area contributed by atoms with Crippen LogP contribution in [0.4, 0.5) is 0 Å². The van der Waals surface area contributed by atoms with E-state index in [1.807, 2.05) is 0 Å². The molecule has 0 aromatic carbocycles. The van der Waals surface area contributed by atoms with E-state index in [9.17, 15) is 0 Å². The van der Waals surface area contributed by atoms with Crippen molar-refractivity contribution in [2.75, 3.05) is 10.7 Å². The zero-order valence-electron chi connectivity index (χ0n) is 2.58. The smallest absolute Gasteiger partial charge is 0.0129 e. The Hall–Kier alpha value is 1.25. The molecule has 0 saturated carbocycles. The zero-order valence-corrected chi connectivity index (χ0v) is 6.57. The number of alkyl halides is 2. The predicted molar refractivity (Wildman–Crippen MR) is 34.8 cm³/mol. The van der Waals surface area contributed by atoms with Crippen LogP contribution in [0.1, 0.15) is 0 Å². The molecule has 0 aromatic heterocycles. The van der Waals surface area contributed by atoms with Gasteiger partial charge in [0.05, 0.1) is 0 Å². The van der Waals surface area contributed by atoms with E-state index in [0.717, 1.165) is 10.7 Å². The molecule has 3 heteroatoms. The number of halogens is 3. The van der Waals surface area contributed by atoms with Crippen LogP contribution >= 0.6 is 44.3 Å². The molecular weight excluding hydrogens is 219 g/mol. The monoisotopic (exact) mass is 222 g/mol. The van der Waals surface area contributed by atoms with Gasteiger partial charge < -0.3 is 0 Å². The first-order valence-electron chi connectivity index (χ1n) is 1.03. The van der Waals surface area contributed by atoms with Crippen molar-refractivity contribution in [3.8, 4) is 0 Å². The highest BCUT2D eigenvalue weighted by molar-refractivity contribution is 9.11. The quantitative estimate of drug-likeness (QED) is 0.599. The van der Waals surface area contributed by atoms with Gasteiger partial charge >= 0.3 is 0 Å². The predicted octanol–water partition coefficient (Wildman–Crippen LogP) is 2.20. The molecular formula is C2H5Br2Cl. The van der Waals surface area contributed by atoms with E-state index in [0.29, 0.717) is 0 Å². The Labute approximate surface area is 55.0 Å². The van der Waals surface area contributed by atoms with Gasteiger partial charge in [-0.15, -0.1) is 12.4 Å². The Morgan fingerprint density at radius 2 is 1.20 bits per heavy atom. The summed E-state index contributed by atoms with van der Waals surface area (Å²) in [5, 5.41) is 2.10. The van der Waals surface area contributed by atoms with E-state index in [1.54, 1.807) is 0 Å².